The molecule has 1 heterocycles. The van der Waals surface area contributed by atoms with Gasteiger partial charge in [-0.15, -0.1) is 12.4 Å². The van der Waals surface area contributed by atoms with Crippen molar-refractivity contribution in [2.45, 2.75) is 31.6 Å². The molecule has 1 unspecified atom stereocenters. The van der Waals surface area contributed by atoms with E-state index in [9.17, 15) is 8.42 Å². The number of aryl methyl sites for hydroxylation is 2. The largest absolute Gasteiger partial charge is 0.497 e. The van der Waals surface area contributed by atoms with Crippen LogP contribution in [0.15, 0.2) is 17.0 Å². The van der Waals surface area contributed by atoms with E-state index in [0.717, 1.165) is 25.9 Å². The minimum absolute atomic E-state index is 0. The van der Waals surface area contributed by atoms with Crippen LogP contribution in [0.4, 0.5) is 0 Å². The van der Waals surface area contributed by atoms with E-state index in [1.54, 1.807) is 33.1 Å². The molecule has 1 aliphatic rings. The fraction of sp³-hybridized carbons (Fsp3) is 0.600. The topological polar surface area (TPSA) is 67.4 Å². The van der Waals surface area contributed by atoms with Gasteiger partial charge in [0.25, 0.3) is 0 Å². The van der Waals surface area contributed by atoms with Gasteiger partial charge >= 0.3 is 0 Å². The maximum atomic E-state index is 12.5. The lowest BCUT2D eigenvalue weighted by molar-refractivity contribution is 0.376. The second-order valence-corrected chi connectivity index (χ2v) is 7.36. The first kappa shape index (κ1) is 19.2. The van der Waals surface area contributed by atoms with E-state index in [0.29, 0.717) is 34.2 Å². The number of hydrogen-bond donors (Lipinski definition) is 2. The van der Waals surface area contributed by atoms with Gasteiger partial charge in [0.05, 0.1) is 12.0 Å². The maximum Gasteiger partial charge on any atom is 0.241 e. The van der Waals surface area contributed by atoms with Gasteiger partial charge in [0.1, 0.15) is 5.75 Å². The molecule has 0 radical (unpaired) electrons. The predicted octanol–water partition coefficient (Wildman–Crippen LogP) is 2.01. The summed E-state index contributed by atoms with van der Waals surface area (Å²) >= 11 is 0. The van der Waals surface area contributed by atoms with Crippen molar-refractivity contribution >= 4 is 22.4 Å². The Morgan fingerprint density at radius 1 is 1.32 bits per heavy atom. The summed E-state index contributed by atoms with van der Waals surface area (Å²) in [5.74, 6) is 1.05. The zero-order valence-electron chi connectivity index (χ0n) is 13.3. The van der Waals surface area contributed by atoms with Gasteiger partial charge in [-0.25, -0.2) is 13.1 Å². The van der Waals surface area contributed by atoms with Crippen LogP contribution in [-0.4, -0.2) is 35.2 Å². The number of hydrogen-bond acceptors (Lipinski definition) is 4. The number of sulfonamides is 1. The summed E-state index contributed by atoms with van der Waals surface area (Å²) in [6.07, 6.45) is 2.17. The monoisotopic (exact) mass is 348 g/mol. The molecule has 126 valence electrons. The van der Waals surface area contributed by atoms with E-state index in [-0.39, 0.29) is 12.4 Å². The van der Waals surface area contributed by atoms with Crippen LogP contribution in [0.25, 0.3) is 0 Å². The molecule has 1 aliphatic heterocycles. The molecule has 0 spiro atoms. The third kappa shape index (κ3) is 4.59. The number of ether oxygens (including phenoxy) is 1. The van der Waals surface area contributed by atoms with Crippen molar-refractivity contribution in [1.29, 1.82) is 0 Å². The lowest BCUT2D eigenvalue weighted by Crippen LogP contribution is -2.38. The third-order valence-electron chi connectivity index (χ3n) is 3.90. The molecule has 1 saturated heterocycles. The summed E-state index contributed by atoms with van der Waals surface area (Å²) in [5.41, 5.74) is 1.42. The molecule has 2 rings (SSSR count). The number of halogens is 1. The highest BCUT2D eigenvalue weighted by Gasteiger charge is 2.22. The van der Waals surface area contributed by atoms with E-state index in [4.69, 9.17) is 4.74 Å². The maximum absolute atomic E-state index is 12.5. The molecule has 1 atom stereocenters. The highest BCUT2D eigenvalue weighted by atomic mass is 35.5. The van der Waals surface area contributed by atoms with Gasteiger partial charge < -0.3 is 10.1 Å². The highest BCUT2D eigenvalue weighted by molar-refractivity contribution is 7.89. The molecule has 0 aliphatic carbocycles. The molecule has 7 heteroatoms. The van der Waals surface area contributed by atoms with Gasteiger partial charge in [-0.2, -0.15) is 0 Å². The van der Waals surface area contributed by atoms with Crippen molar-refractivity contribution < 1.29 is 13.2 Å². The van der Waals surface area contributed by atoms with Crippen LogP contribution in [-0.2, 0) is 10.0 Å². The Balaban J connectivity index is 0.00000242. The number of benzene rings is 1. The van der Waals surface area contributed by atoms with Crippen LogP contribution in [0.1, 0.15) is 24.0 Å². The van der Waals surface area contributed by atoms with Crippen molar-refractivity contribution in [2.75, 3.05) is 26.7 Å². The van der Waals surface area contributed by atoms with Crippen molar-refractivity contribution in [3.05, 3.63) is 23.3 Å². The molecular weight excluding hydrogens is 324 g/mol. The second kappa shape index (κ2) is 8.15. The molecule has 1 aromatic rings. The van der Waals surface area contributed by atoms with Crippen LogP contribution >= 0.6 is 12.4 Å². The zero-order valence-corrected chi connectivity index (χ0v) is 14.9. The molecule has 0 amide bonds. The first-order valence-electron chi connectivity index (χ1n) is 7.29. The summed E-state index contributed by atoms with van der Waals surface area (Å²) in [6, 6.07) is 3.51. The van der Waals surface area contributed by atoms with E-state index in [2.05, 4.69) is 10.0 Å². The van der Waals surface area contributed by atoms with Gasteiger partial charge in [0.15, 0.2) is 0 Å². The Hall–Kier alpha value is -0.820. The Labute approximate surface area is 139 Å². The Morgan fingerprint density at radius 2 is 1.95 bits per heavy atom. The average Bonchev–Trinajstić information content (AvgIpc) is 2.45. The fourth-order valence-corrected chi connectivity index (χ4v) is 4.42. The van der Waals surface area contributed by atoms with Crippen LogP contribution in [0.5, 0.6) is 5.75 Å². The SMILES string of the molecule is COc1cc(C)c(S(=O)(=O)NCC2CCCNC2)c(C)c1.Cl. The molecule has 1 fully saturated rings. The fourth-order valence-electron chi connectivity index (χ4n) is 2.85. The Bertz CT molecular complexity index is 576. The summed E-state index contributed by atoms with van der Waals surface area (Å²) in [6.45, 7) is 5.99. The molecule has 1 aromatic carbocycles. The third-order valence-corrected chi connectivity index (χ3v) is 5.63. The van der Waals surface area contributed by atoms with Crippen molar-refractivity contribution in [3.63, 3.8) is 0 Å². The van der Waals surface area contributed by atoms with E-state index < -0.39 is 10.0 Å². The van der Waals surface area contributed by atoms with Crippen LogP contribution in [0.2, 0.25) is 0 Å². The van der Waals surface area contributed by atoms with Gasteiger partial charge in [-0.05, 0) is 69.0 Å². The quantitative estimate of drug-likeness (QED) is 0.854. The lowest BCUT2D eigenvalue weighted by atomic mass is 10.0. The molecule has 2 N–H and O–H groups in total. The molecular formula is C15H25ClN2O3S. The Kier molecular flexibility index (Phi) is 7.12. The summed E-state index contributed by atoms with van der Waals surface area (Å²) in [4.78, 5) is 0.368. The number of methoxy groups -OCH3 is 1. The number of nitrogens with one attached hydrogen (secondary N) is 2. The standard InChI is InChI=1S/C15H24N2O3S.ClH/c1-11-7-14(20-3)8-12(2)15(11)21(18,19)17-10-13-5-4-6-16-9-13;/h7-8,13,16-17H,4-6,9-10H2,1-3H3;1H. The van der Waals surface area contributed by atoms with E-state index >= 15 is 0 Å². The predicted molar refractivity (Wildman–Crippen MR) is 90.5 cm³/mol. The molecule has 0 bridgehead atoms. The van der Waals surface area contributed by atoms with Gasteiger partial charge in [-0.3, -0.25) is 0 Å². The van der Waals surface area contributed by atoms with Gasteiger partial charge in [0, 0.05) is 6.54 Å². The summed E-state index contributed by atoms with van der Waals surface area (Å²) in [7, 11) is -1.90. The number of rotatable bonds is 5. The van der Waals surface area contributed by atoms with Gasteiger partial charge in [-0.1, -0.05) is 0 Å². The van der Waals surface area contributed by atoms with Crippen molar-refractivity contribution in [2.24, 2.45) is 5.92 Å². The highest BCUT2D eigenvalue weighted by Crippen LogP contribution is 2.25. The van der Waals surface area contributed by atoms with Crippen LogP contribution in [0.3, 0.4) is 0 Å². The van der Waals surface area contributed by atoms with E-state index in [1.165, 1.54) is 0 Å². The van der Waals surface area contributed by atoms with Gasteiger partial charge in [0.2, 0.25) is 10.0 Å². The average molecular weight is 349 g/mol. The zero-order chi connectivity index (χ0) is 15.5. The summed E-state index contributed by atoms with van der Waals surface area (Å²) < 4.78 is 33.0. The molecule has 0 saturated carbocycles. The van der Waals surface area contributed by atoms with Crippen LogP contribution in [0, 0.1) is 19.8 Å². The second-order valence-electron chi connectivity index (χ2n) is 5.65. The summed E-state index contributed by atoms with van der Waals surface area (Å²) in [5, 5.41) is 3.30. The number of piperidine rings is 1. The molecule has 0 aromatic heterocycles. The molecule has 22 heavy (non-hydrogen) atoms. The van der Waals surface area contributed by atoms with Crippen molar-refractivity contribution in [1.82, 2.24) is 10.0 Å². The lowest BCUT2D eigenvalue weighted by Gasteiger charge is -2.23. The Morgan fingerprint density at radius 3 is 2.45 bits per heavy atom. The van der Waals surface area contributed by atoms with Crippen molar-refractivity contribution in [3.8, 4) is 5.75 Å². The normalized spacial score (nSPS) is 18.6. The minimum atomic E-state index is -3.48. The minimum Gasteiger partial charge on any atom is -0.497 e. The smallest absolute Gasteiger partial charge is 0.241 e. The molecule has 5 nitrogen and oxygen atoms in total. The first-order chi connectivity index (χ1) is 9.94. The first-order valence-corrected chi connectivity index (χ1v) is 8.78. The van der Waals surface area contributed by atoms with E-state index in [1.807, 2.05) is 0 Å². The van der Waals surface area contributed by atoms with Crippen LogP contribution < -0.4 is 14.8 Å².